The molecule has 1 fully saturated rings. The zero-order valence-electron chi connectivity index (χ0n) is 14.8. The van der Waals surface area contributed by atoms with E-state index in [1.54, 1.807) is 0 Å². The van der Waals surface area contributed by atoms with Crippen molar-refractivity contribution in [3.8, 4) is 0 Å². The molecular formula is C20H30O3. The second-order valence-electron chi connectivity index (χ2n) is 8.22. The molecule has 1 aromatic heterocycles. The van der Waals surface area contributed by atoms with E-state index < -0.39 is 5.60 Å². The summed E-state index contributed by atoms with van der Waals surface area (Å²) >= 11 is 0. The van der Waals surface area contributed by atoms with Gasteiger partial charge in [0.1, 0.15) is 5.76 Å². The highest BCUT2D eigenvalue weighted by molar-refractivity contribution is 5.18. The highest BCUT2D eigenvalue weighted by Crippen LogP contribution is 2.43. The average molecular weight is 318 g/mol. The van der Waals surface area contributed by atoms with Gasteiger partial charge in [0.15, 0.2) is 0 Å². The van der Waals surface area contributed by atoms with Gasteiger partial charge < -0.3 is 14.3 Å². The van der Waals surface area contributed by atoms with Crippen LogP contribution in [0.3, 0.4) is 0 Å². The summed E-state index contributed by atoms with van der Waals surface area (Å²) < 4.78 is 11.6. The van der Waals surface area contributed by atoms with Gasteiger partial charge in [-0.1, -0.05) is 26.0 Å². The number of rotatable bonds is 1. The summed E-state index contributed by atoms with van der Waals surface area (Å²) in [5, 5.41) is 10.6. The first kappa shape index (κ1) is 16.8. The van der Waals surface area contributed by atoms with Crippen LogP contribution in [0.5, 0.6) is 0 Å². The molecule has 23 heavy (non-hydrogen) atoms. The molecule has 1 aliphatic carbocycles. The van der Waals surface area contributed by atoms with Crippen LogP contribution in [0.25, 0.3) is 0 Å². The fraction of sp³-hybridized carbons (Fsp3) is 0.700. The molecule has 3 nitrogen and oxygen atoms in total. The standard InChI is InChI=1S/C20H30O3/c1-14(2)16-6-5-15-11-17(22-13-15)12-20(4)18(23-20)8-10-19(3,21)9-7-16/h7,9,11,13-14,16,18,21H,5-6,8,10,12H2,1-4H3. The van der Waals surface area contributed by atoms with Crippen molar-refractivity contribution in [1.82, 2.24) is 0 Å². The van der Waals surface area contributed by atoms with Crippen LogP contribution in [0.2, 0.25) is 0 Å². The van der Waals surface area contributed by atoms with Gasteiger partial charge in [0.05, 0.1) is 23.6 Å². The molecule has 128 valence electrons. The van der Waals surface area contributed by atoms with E-state index in [1.165, 1.54) is 5.56 Å². The Labute approximate surface area is 139 Å². The van der Waals surface area contributed by atoms with Crippen LogP contribution in [0.4, 0.5) is 0 Å². The average Bonchev–Trinajstić information content (AvgIpc) is 2.87. The lowest BCUT2D eigenvalue weighted by Gasteiger charge is -2.22. The molecule has 4 unspecified atom stereocenters. The highest BCUT2D eigenvalue weighted by atomic mass is 16.6. The smallest absolute Gasteiger partial charge is 0.107 e. The van der Waals surface area contributed by atoms with Gasteiger partial charge >= 0.3 is 0 Å². The van der Waals surface area contributed by atoms with Gasteiger partial charge in [-0.3, -0.25) is 0 Å². The maximum absolute atomic E-state index is 10.6. The van der Waals surface area contributed by atoms with Gasteiger partial charge in [-0.15, -0.1) is 0 Å². The summed E-state index contributed by atoms with van der Waals surface area (Å²) in [5.74, 6) is 2.06. The van der Waals surface area contributed by atoms with Gasteiger partial charge in [-0.25, -0.2) is 0 Å². The molecule has 3 rings (SSSR count). The normalized spacial score (nSPS) is 38.2. The molecule has 3 heteroatoms. The molecule has 0 aromatic carbocycles. The summed E-state index contributed by atoms with van der Waals surface area (Å²) in [6.45, 7) is 8.55. The van der Waals surface area contributed by atoms with Gasteiger partial charge in [-0.05, 0) is 63.0 Å². The van der Waals surface area contributed by atoms with Crippen LogP contribution >= 0.6 is 0 Å². The lowest BCUT2D eigenvalue weighted by molar-refractivity contribution is 0.0955. The van der Waals surface area contributed by atoms with Crippen molar-refractivity contribution < 1.29 is 14.3 Å². The molecule has 2 aliphatic rings. The Morgan fingerprint density at radius 1 is 1.26 bits per heavy atom. The Morgan fingerprint density at radius 2 is 2.04 bits per heavy atom. The monoisotopic (exact) mass is 318 g/mol. The Kier molecular flexibility index (Phi) is 4.45. The first-order valence-corrected chi connectivity index (χ1v) is 8.93. The van der Waals surface area contributed by atoms with Crippen LogP contribution in [0.15, 0.2) is 28.9 Å². The third-order valence-electron chi connectivity index (χ3n) is 5.51. The molecule has 4 atom stereocenters. The number of aryl methyl sites for hydroxylation is 1. The topological polar surface area (TPSA) is 45.9 Å². The van der Waals surface area contributed by atoms with E-state index in [2.05, 4.69) is 32.9 Å². The largest absolute Gasteiger partial charge is 0.469 e. The summed E-state index contributed by atoms with van der Waals surface area (Å²) in [6.07, 6.45) is 10.9. The molecule has 1 N–H and O–H groups in total. The minimum atomic E-state index is -0.752. The van der Waals surface area contributed by atoms with E-state index in [1.807, 2.05) is 19.3 Å². The third-order valence-corrected chi connectivity index (χ3v) is 5.51. The first-order chi connectivity index (χ1) is 10.8. The van der Waals surface area contributed by atoms with Gasteiger partial charge in [0.25, 0.3) is 0 Å². The Bertz CT molecular complexity index is 569. The quantitative estimate of drug-likeness (QED) is 0.621. The van der Waals surface area contributed by atoms with Crippen molar-refractivity contribution in [2.45, 2.75) is 77.1 Å². The van der Waals surface area contributed by atoms with Crippen molar-refractivity contribution >= 4 is 0 Å². The van der Waals surface area contributed by atoms with Crippen molar-refractivity contribution in [2.24, 2.45) is 11.8 Å². The van der Waals surface area contributed by atoms with E-state index in [0.29, 0.717) is 11.8 Å². The Balaban J connectivity index is 1.80. The maximum atomic E-state index is 10.6. The molecule has 0 spiro atoms. The number of furan rings is 1. The lowest BCUT2D eigenvalue weighted by atomic mass is 9.86. The van der Waals surface area contributed by atoms with Crippen molar-refractivity contribution in [3.63, 3.8) is 0 Å². The van der Waals surface area contributed by atoms with Crippen LogP contribution in [-0.4, -0.2) is 22.4 Å². The van der Waals surface area contributed by atoms with Crippen LogP contribution < -0.4 is 0 Å². The van der Waals surface area contributed by atoms with Gasteiger partial charge in [-0.2, -0.15) is 0 Å². The number of fused-ring (bicyclic) bond motifs is 3. The number of hydrogen-bond acceptors (Lipinski definition) is 3. The SMILES string of the molecule is CC(C)C1C=CC(C)(O)CCC2OC2(C)Cc2cc(co2)CC1. The number of epoxide rings is 1. The number of ether oxygens (including phenoxy) is 1. The molecule has 2 bridgehead atoms. The molecule has 0 amide bonds. The predicted octanol–water partition coefficient (Wildman–Crippen LogP) is 4.29. The lowest BCUT2D eigenvalue weighted by Crippen LogP contribution is -2.23. The predicted molar refractivity (Wildman–Crippen MR) is 91.3 cm³/mol. The fourth-order valence-corrected chi connectivity index (χ4v) is 3.63. The summed E-state index contributed by atoms with van der Waals surface area (Å²) in [4.78, 5) is 0. The molecule has 1 saturated heterocycles. The molecule has 1 aliphatic heterocycles. The fourth-order valence-electron chi connectivity index (χ4n) is 3.63. The first-order valence-electron chi connectivity index (χ1n) is 8.93. The summed E-state index contributed by atoms with van der Waals surface area (Å²) in [6, 6.07) is 2.19. The minimum absolute atomic E-state index is 0.125. The van der Waals surface area contributed by atoms with Crippen LogP contribution in [0.1, 0.15) is 58.3 Å². The van der Waals surface area contributed by atoms with Crippen LogP contribution in [-0.2, 0) is 17.6 Å². The van der Waals surface area contributed by atoms with E-state index >= 15 is 0 Å². The summed E-state index contributed by atoms with van der Waals surface area (Å²) in [7, 11) is 0. The van der Waals surface area contributed by atoms with Crippen LogP contribution in [0, 0.1) is 11.8 Å². The second kappa shape index (κ2) is 6.10. The zero-order valence-corrected chi connectivity index (χ0v) is 14.8. The maximum Gasteiger partial charge on any atom is 0.107 e. The molecule has 0 saturated carbocycles. The third kappa shape index (κ3) is 4.07. The molecule has 0 radical (unpaired) electrons. The van der Waals surface area contributed by atoms with Gasteiger partial charge in [0.2, 0.25) is 0 Å². The van der Waals surface area contributed by atoms with Crippen molar-refractivity contribution in [2.75, 3.05) is 0 Å². The minimum Gasteiger partial charge on any atom is -0.469 e. The molecule has 2 heterocycles. The Hall–Kier alpha value is -1.06. The number of allylic oxidation sites excluding steroid dienone is 1. The highest BCUT2D eigenvalue weighted by Gasteiger charge is 2.52. The molecular weight excluding hydrogens is 288 g/mol. The Morgan fingerprint density at radius 3 is 2.78 bits per heavy atom. The zero-order chi connectivity index (χ0) is 16.7. The molecule has 1 aromatic rings. The van der Waals surface area contributed by atoms with E-state index in [4.69, 9.17) is 9.15 Å². The van der Waals surface area contributed by atoms with Crippen molar-refractivity contribution in [3.05, 3.63) is 35.8 Å². The number of aliphatic hydroxyl groups is 1. The van der Waals surface area contributed by atoms with Crippen molar-refractivity contribution in [1.29, 1.82) is 0 Å². The second-order valence-corrected chi connectivity index (χ2v) is 8.22. The number of hydrogen-bond donors (Lipinski definition) is 1. The van der Waals surface area contributed by atoms with Gasteiger partial charge in [0, 0.05) is 6.42 Å². The van der Waals surface area contributed by atoms with E-state index in [-0.39, 0.29) is 11.7 Å². The van der Waals surface area contributed by atoms with E-state index in [9.17, 15) is 5.11 Å². The summed E-state index contributed by atoms with van der Waals surface area (Å²) in [5.41, 5.74) is 0.390. The van der Waals surface area contributed by atoms with E-state index in [0.717, 1.165) is 37.9 Å².